The Kier molecular flexibility index (Phi) is 2.69. The molecule has 1 aromatic rings. The van der Waals surface area contributed by atoms with Gasteiger partial charge in [-0.3, -0.25) is 4.79 Å². The number of aryl methyl sites for hydroxylation is 1. The molecule has 0 amide bonds. The molecule has 0 aliphatic rings. The van der Waals surface area contributed by atoms with Crippen molar-refractivity contribution in [2.24, 2.45) is 0 Å². The Labute approximate surface area is 73.6 Å². The van der Waals surface area contributed by atoms with Crippen molar-refractivity contribution in [3.05, 3.63) is 23.7 Å². The summed E-state index contributed by atoms with van der Waals surface area (Å²) in [6, 6.07) is 1.32. The summed E-state index contributed by atoms with van der Waals surface area (Å²) in [6.07, 6.45) is 1.24. The predicted octanol–water partition coefficient (Wildman–Crippen LogP) is 0.995. The predicted molar refractivity (Wildman–Crippen MR) is 41.6 cm³/mol. The minimum Gasteiger partial charge on any atom is -0.481 e. The standard InChI is InChI=1S/C8H8O5/c9-7(10)2-1-6-3-5(4-13-6)8(11)12/h3-4H,1-2H2,(H,9,10)(H,11,12). The van der Waals surface area contributed by atoms with E-state index in [1.54, 1.807) is 0 Å². The lowest BCUT2D eigenvalue weighted by Gasteiger charge is -1.89. The number of hydrogen-bond acceptors (Lipinski definition) is 3. The molecule has 5 nitrogen and oxygen atoms in total. The summed E-state index contributed by atoms with van der Waals surface area (Å²) < 4.78 is 4.83. The van der Waals surface area contributed by atoms with E-state index in [0.717, 1.165) is 6.26 Å². The highest BCUT2D eigenvalue weighted by molar-refractivity contribution is 5.87. The zero-order valence-corrected chi connectivity index (χ0v) is 6.69. The molecular weight excluding hydrogens is 176 g/mol. The molecule has 0 aliphatic carbocycles. The fraction of sp³-hybridized carbons (Fsp3) is 0.250. The lowest BCUT2D eigenvalue weighted by molar-refractivity contribution is -0.137. The van der Waals surface area contributed by atoms with Crippen molar-refractivity contribution in [3.8, 4) is 0 Å². The van der Waals surface area contributed by atoms with E-state index in [1.165, 1.54) is 6.07 Å². The van der Waals surface area contributed by atoms with Gasteiger partial charge in [0.15, 0.2) is 0 Å². The second kappa shape index (κ2) is 3.75. The minimum absolute atomic E-state index is 0.0420. The maximum atomic E-state index is 10.4. The van der Waals surface area contributed by atoms with Crippen molar-refractivity contribution < 1.29 is 24.2 Å². The van der Waals surface area contributed by atoms with Gasteiger partial charge in [0, 0.05) is 6.42 Å². The van der Waals surface area contributed by atoms with E-state index >= 15 is 0 Å². The molecule has 0 unspecified atom stereocenters. The monoisotopic (exact) mass is 184 g/mol. The summed E-state index contributed by atoms with van der Waals surface area (Å²) in [5.74, 6) is -1.64. The first kappa shape index (κ1) is 9.31. The van der Waals surface area contributed by atoms with Crippen LogP contribution in [-0.2, 0) is 11.2 Å². The van der Waals surface area contributed by atoms with Crippen LogP contribution in [0.3, 0.4) is 0 Å². The Balaban J connectivity index is 2.59. The van der Waals surface area contributed by atoms with Crippen LogP contribution < -0.4 is 0 Å². The number of furan rings is 1. The topological polar surface area (TPSA) is 87.7 Å². The smallest absolute Gasteiger partial charge is 0.338 e. The molecular formula is C8H8O5. The highest BCUT2D eigenvalue weighted by atomic mass is 16.4. The number of rotatable bonds is 4. The summed E-state index contributed by atoms with van der Waals surface area (Å²) in [5.41, 5.74) is 0.0420. The molecule has 0 aliphatic heterocycles. The van der Waals surface area contributed by atoms with Gasteiger partial charge in [0.05, 0.1) is 12.0 Å². The third kappa shape index (κ3) is 2.62. The Bertz CT molecular complexity index is 325. The van der Waals surface area contributed by atoms with Gasteiger partial charge in [0.2, 0.25) is 0 Å². The Morgan fingerprint density at radius 3 is 2.54 bits per heavy atom. The average molecular weight is 184 g/mol. The van der Waals surface area contributed by atoms with Gasteiger partial charge in [-0.05, 0) is 6.07 Å². The molecule has 0 bridgehead atoms. The number of aromatic carboxylic acids is 1. The van der Waals surface area contributed by atoms with Crippen LogP contribution >= 0.6 is 0 Å². The third-order valence-electron chi connectivity index (χ3n) is 1.49. The molecule has 0 radical (unpaired) electrons. The van der Waals surface area contributed by atoms with Crippen LogP contribution in [0.1, 0.15) is 22.5 Å². The van der Waals surface area contributed by atoms with E-state index in [2.05, 4.69) is 0 Å². The fourth-order valence-electron chi connectivity index (χ4n) is 0.854. The molecule has 1 rings (SSSR count). The van der Waals surface area contributed by atoms with E-state index in [-0.39, 0.29) is 18.4 Å². The lowest BCUT2D eigenvalue weighted by Crippen LogP contribution is -1.96. The number of carbonyl (C=O) groups is 2. The molecule has 1 heterocycles. The number of carboxylic acids is 2. The van der Waals surface area contributed by atoms with Crippen LogP contribution in [0.15, 0.2) is 16.7 Å². The zero-order valence-electron chi connectivity index (χ0n) is 6.69. The second-order valence-electron chi connectivity index (χ2n) is 2.50. The van der Waals surface area contributed by atoms with Gasteiger partial charge in [-0.25, -0.2) is 4.79 Å². The van der Waals surface area contributed by atoms with Crippen molar-refractivity contribution in [2.75, 3.05) is 0 Å². The lowest BCUT2D eigenvalue weighted by atomic mass is 10.2. The largest absolute Gasteiger partial charge is 0.481 e. The van der Waals surface area contributed by atoms with E-state index in [0.29, 0.717) is 5.76 Å². The average Bonchev–Trinajstić information content (AvgIpc) is 2.48. The van der Waals surface area contributed by atoms with E-state index in [1.807, 2.05) is 0 Å². The van der Waals surface area contributed by atoms with Crippen molar-refractivity contribution in [2.45, 2.75) is 12.8 Å². The summed E-state index contributed by atoms with van der Waals surface area (Å²) >= 11 is 0. The van der Waals surface area contributed by atoms with Crippen molar-refractivity contribution in [3.63, 3.8) is 0 Å². The number of hydrogen-bond donors (Lipinski definition) is 2. The summed E-state index contributed by atoms with van der Waals surface area (Å²) in [6.45, 7) is 0. The zero-order chi connectivity index (χ0) is 9.84. The second-order valence-corrected chi connectivity index (χ2v) is 2.50. The minimum atomic E-state index is -1.08. The van der Waals surface area contributed by atoms with Gasteiger partial charge in [-0.2, -0.15) is 0 Å². The molecule has 0 saturated carbocycles. The molecule has 0 fully saturated rings. The van der Waals surface area contributed by atoms with Crippen molar-refractivity contribution >= 4 is 11.9 Å². The van der Waals surface area contributed by atoms with Gasteiger partial charge >= 0.3 is 11.9 Å². The van der Waals surface area contributed by atoms with E-state index < -0.39 is 11.9 Å². The molecule has 0 atom stereocenters. The van der Waals surface area contributed by atoms with Crippen molar-refractivity contribution in [1.29, 1.82) is 0 Å². The number of aliphatic carboxylic acids is 1. The van der Waals surface area contributed by atoms with Crippen LogP contribution in [-0.4, -0.2) is 22.2 Å². The van der Waals surface area contributed by atoms with Gasteiger partial charge < -0.3 is 14.6 Å². The molecule has 1 aromatic heterocycles. The van der Waals surface area contributed by atoms with Crippen LogP contribution in [0.4, 0.5) is 0 Å². The van der Waals surface area contributed by atoms with Gasteiger partial charge in [-0.15, -0.1) is 0 Å². The molecule has 0 saturated heterocycles. The van der Waals surface area contributed by atoms with Crippen LogP contribution in [0.25, 0.3) is 0 Å². The van der Waals surface area contributed by atoms with E-state index in [9.17, 15) is 9.59 Å². The Morgan fingerprint density at radius 2 is 2.08 bits per heavy atom. The Morgan fingerprint density at radius 1 is 1.38 bits per heavy atom. The highest BCUT2D eigenvalue weighted by Crippen LogP contribution is 2.09. The first-order valence-corrected chi connectivity index (χ1v) is 3.62. The SMILES string of the molecule is O=C(O)CCc1cc(C(=O)O)co1. The molecule has 70 valence electrons. The third-order valence-corrected chi connectivity index (χ3v) is 1.49. The normalized spacial score (nSPS) is 9.85. The van der Waals surface area contributed by atoms with E-state index in [4.69, 9.17) is 14.6 Å². The molecule has 2 N–H and O–H groups in total. The fourth-order valence-corrected chi connectivity index (χ4v) is 0.854. The number of carboxylic acid groups (broad SMARTS) is 2. The summed E-state index contributed by atoms with van der Waals surface area (Å²) in [7, 11) is 0. The quantitative estimate of drug-likeness (QED) is 0.728. The summed E-state index contributed by atoms with van der Waals surface area (Å²) in [5, 5.41) is 16.8. The van der Waals surface area contributed by atoms with Crippen LogP contribution in [0.2, 0.25) is 0 Å². The van der Waals surface area contributed by atoms with Gasteiger partial charge in [0.1, 0.15) is 12.0 Å². The van der Waals surface area contributed by atoms with Gasteiger partial charge in [0.25, 0.3) is 0 Å². The highest BCUT2D eigenvalue weighted by Gasteiger charge is 2.08. The first-order valence-electron chi connectivity index (χ1n) is 3.62. The Hall–Kier alpha value is -1.78. The first-order chi connectivity index (χ1) is 6.09. The van der Waals surface area contributed by atoms with Crippen molar-refractivity contribution in [1.82, 2.24) is 0 Å². The molecule has 13 heavy (non-hydrogen) atoms. The summed E-state index contributed by atoms with van der Waals surface area (Å²) in [4.78, 5) is 20.5. The van der Waals surface area contributed by atoms with Crippen LogP contribution in [0.5, 0.6) is 0 Å². The molecule has 0 aromatic carbocycles. The molecule has 0 spiro atoms. The van der Waals surface area contributed by atoms with Gasteiger partial charge in [-0.1, -0.05) is 0 Å². The van der Waals surface area contributed by atoms with Crippen LogP contribution in [0, 0.1) is 0 Å². The molecule has 5 heteroatoms. The maximum absolute atomic E-state index is 10.4. The maximum Gasteiger partial charge on any atom is 0.338 e.